The van der Waals surface area contributed by atoms with Crippen molar-refractivity contribution >= 4 is 5.95 Å². The Morgan fingerprint density at radius 3 is 2.36 bits per heavy atom. The Morgan fingerprint density at radius 1 is 1.29 bits per heavy atom. The maximum Gasteiger partial charge on any atom is 0.228 e. The Balaban J connectivity index is 3.24. The molecule has 1 aromatic rings. The highest BCUT2D eigenvalue weighted by atomic mass is 16.5. The van der Waals surface area contributed by atoms with Gasteiger partial charge in [0.1, 0.15) is 0 Å². The third-order valence-electron chi connectivity index (χ3n) is 2.11. The topological polar surface area (TPSA) is 38.2 Å². The monoisotopic (exact) mass is 195 g/mol. The summed E-state index contributed by atoms with van der Waals surface area (Å²) in [4.78, 5) is 10.6. The van der Waals surface area contributed by atoms with Gasteiger partial charge in [0.05, 0.1) is 7.11 Å². The summed E-state index contributed by atoms with van der Waals surface area (Å²) in [6, 6.07) is 0. The molecule has 1 rings (SSSR count). The maximum absolute atomic E-state index is 5.23. The average Bonchev–Trinajstić information content (AvgIpc) is 2.16. The number of hydrogen-bond acceptors (Lipinski definition) is 4. The molecule has 0 atom stereocenters. The van der Waals surface area contributed by atoms with E-state index in [-0.39, 0.29) is 0 Å². The van der Waals surface area contributed by atoms with Crippen LogP contribution in [0.1, 0.15) is 18.2 Å². The minimum absolute atomic E-state index is 0.684. The zero-order chi connectivity index (χ0) is 10.7. The second-order valence-corrected chi connectivity index (χ2v) is 3.34. The molecule has 0 bridgehead atoms. The van der Waals surface area contributed by atoms with Crippen LogP contribution in [0.25, 0.3) is 0 Å². The van der Waals surface area contributed by atoms with Crippen molar-refractivity contribution in [2.75, 3.05) is 26.1 Å². The van der Waals surface area contributed by atoms with Crippen molar-refractivity contribution in [3.63, 3.8) is 0 Å². The fourth-order valence-corrected chi connectivity index (χ4v) is 1.33. The van der Waals surface area contributed by atoms with Crippen molar-refractivity contribution in [1.82, 2.24) is 9.97 Å². The lowest BCUT2D eigenvalue weighted by Crippen LogP contribution is -2.15. The van der Waals surface area contributed by atoms with Crippen LogP contribution in [0.5, 0.6) is 5.88 Å². The highest BCUT2D eigenvalue weighted by molar-refractivity contribution is 5.38. The molecule has 0 saturated heterocycles. The molecule has 4 nitrogen and oxygen atoms in total. The van der Waals surface area contributed by atoms with Crippen LogP contribution in [0.4, 0.5) is 5.95 Å². The highest BCUT2D eigenvalue weighted by Crippen LogP contribution is 2.21. The van der Waals surface area contributed by atoms with E-state index in [0.29, 0.717) is 11.8 Å². The lowest BCUT2D eigenvalue weighted by molar-refractivity contribution is 0.391. The molecule has 14 heavy (non-hydrogen) atoms. The molecule has 1 aromatic heterocycles. The predicted molar refractivity (Wildman–Crippen MR) is 57.0 cm³/mol. The van der Waals surface area contributed by atoms with Gasteiger partial charge in [0.2, 0.25) is 11.8 Å². The second kappa shape index (κ2) is 4.26. The molecule has 0 unspecified atom stereocenters. The summed E-state index contributed by atoms with van der Waals surface area (Å²) in [5.74, 6) is 1.38. The van der Waals surface area contributed by atoms with E-state index >= 15 is 0 Å². The Bertz CT molecular complexity index is 323. The SMILES string of the molecule is CCc1c(C)nc(N(C)C)nc1OC. The fourth-order valence-electron chi connectivity index (χ4n) is 1.33. The van der Waals surface area contributed by atoms with Gasteiger partial charge in [-0.25, -0.2) is 4.98 Å². The molecule has 0 saturated carbocycles. The van der Waals surface area contributed by atoms with Crippen LogP contribution in [-0.2, 0) is 6.42 Å². The Morgan fingerprint density at radius 2 is 1.93 bits per heavy atom. The van der Waals surface area contributed by atoms with E-state index in [1.165, 1.54) is 0 Å². The highest BCUT2D eigenvalue weighted by Gasteiger charge is 2.11. The third kappa shape index (κ3) is 1.95. The van der Waals surface area contributed by atoms with E-state index in [9.17, 15) is 0 Å². The van der Waals surface area contributed by atoms with E-state index in [4.69, 9.17) is 4.74 Å². The van der Waals surface area contributed by atoms with Gasteiger partial charge in [-0.3, -0.25) is 0 Å². The van der Waals surface area contributed by atoms with Crippen molar-refractivity contribution in [2.45, 2.75) is 20.3 Å². The first-order valence-electron chi connectivity index (χ1n) is 4.69. The lowest BCUT2D eigenvalue weighted by Gasteiger charge is -2.14. The standard InChI is InChI=1S/C10H17N3O/c1-6-8-7(2)11-10(13(3)4)12-9(8)14-5/h6H2,1-5H3. The zero-order valence-corrected chi connectivity index (χ0v) is 9.46. The molecule has 0 amide bonds. The molecule has 0 aliphatic carbocycles. The molecule has 0 spiro atoms. The summed E-state index contributed by atoms with van der Waals surface area (Å²) in [5.41, 5.74) is 2.07. The lowest BCUT2D eigenvalue weighted by atomic mass is 10.2. The predicted octanol–water partition coefficient (Wildman–Crippen LogP) is 1.42. The third-order valence-corrected chi connectivity index (χ3v) is 2.11. The van der Waals surface area contributed by atoms with E-state index in [0.717, 1.165) is 17.7 Å². The van der Waals surface area contributed by atoms with Gasteiger partial charge in [0, 0.05) is 25.4 Å². The molecule has 78 valence electrons. The molecule has 1 heterocycles. The van der Waals surface area contributed by atoms with Gasteiger partial charge >= 0.3 is 0 Å². The molecule has 0 aliphatic rings. The largest absolute Gasteiger partial charge is 0.481 e. The van der Waals surface area contributed by atoms with Crippen LogP contribution in [0, 0.1) is 6.92 Å². The van der Waals surface area contributed by atoms with Gasteiger partial charge in [-0.1, -0.05) is 6.92 Å². The summed E-state index contributed by atoms with van der Waals surface area (Å²) in [6.45, 7) is 4.06. The van der Waals surface area contributed by atoms with Crippen LogP contribution in [-0.4, -0.2) is 31.2 Å². The summed E-state index contributed by atoms with van der Waals surface area (Å²) >= 11 is 0. The molecule has 0 aliphatic heterocycles. The number of aromatic nitrogens is 2. The van der Waals surface area contributed by atoms with Crippen molar-refractivity contribution in [1.29, 1.82) is 0 Å². The van der Waals surface area contributed by atoms with Crippen LogP contribution in [0.15, 0.2) is 0 Å². The number of methoxy groups -OCH3 is 1. The molecule has 4 heteroatoms. The Hall–Kier alpha value is -1.32. The van der Waals surface area contributed by atoms with E-state index in [1.54, 1.807) is 7.11 Å². The van der Waals surface area contributed by atoms with Crippen LogP contribution >= 0.6 is 0 Å². The first-order chi connectivity index (χ1) is 6.60. The Kier molecular flexibility index (Phi) is 3.28. The minimum Gasteiger partial charge on any atom is -0.481 e. The maximum atomic E-state index is 5.23. The molecule has 0 aromatic carbocycles. The molecular weight excluding hydrogens is 178 g/mol. The van der Waals surface area contributed by atoms with Crippen LogP contribution in [0.2, 0.25) is 0 Å². The van der Waals surface area contributed by atoms with Crippen molar-refractivity contribution in [2.24, 2.45) is 0 Å². The van der Waals surface area contributed by atoms with Gasteiger partial charge in [-0.2, -0.15) is 4.98 Å². The first kappa shape index (κ1) is 10.8. The Labute approximate surface area is 84.9 Å². The average molecular weight is 195 g/mol. The van der Waals surface area contributed by atoms with Crippen molar-refractivity contribution < 1.29 is 4.74 Å². The summed E-state index contributed by atoms with van der Waals surface area (Å²) in [7, 11) is 5.47. The van der Waals surface area contributed by atoms with E-state index < -0.39 is 0 Å². The fraction of sp³-hybridized carbons (Fsp3) is 0.600. The number of nitrogens with zero attached hydrogens (tertiary/aromatic N) is 3. The molecular formula is C10H17N3O. The van der Waals surface area contributed by atoms with Gasteiger partial charge in [-0.05, 0) is 13.3 Å². The number of aryl methyl sites for hydroxylation is 1. The number of hydrogen-bond donors (Lipinski definition) is 0. The normalized spacial score (nSPS) is 10.1. The first-order valence-corrected chi connectivity index (χ1v) is 4.69. The van der Waals surface area contributed by atoms with Gasteiger partial charge in [0.25, 0.3) is 0 Å². The molecule has 0 N–H and O–H groups in total. The number of rotatable bonds is 3. The smallest absolute Gasteiger partial charge is 0.228 e. The van der Waals surface area contributed by atoms with Gasteiger partial charge in [-0.15, -0.1) is 0 Å². The number of anilines is 1. The van der Waals surface area contributed by atoms with Crippen molar-refractivity contribution in [3.8, 4) is 5.88 Å². The quantitative estimate of drug-likeness (QED) is 0.731. The number of ether oxygens (including phenoxy) is 1. The van der Waals surface area contributed by atoms with Gasteiger partial charge in [0.15, 0.2) is 0 Å². The van der Waals surface area contributed by atoms with Gasteiger partial charge < -0.3 is 9.64 Å². The zero-order valence-electron chi connectivity index (χ0n) is 9.46. The summed E-state index contributed by atoms with van der Waals surface area (Å²) in [6.07, 6.45) is 0.892. The summed E-state index contributed by atoms with van der Waals surface area (Å²) < 4.78 is 5.23. The van der Waals surface area contributed by atoms with Crippen molar-refractivity contribution in [3.05, 3.63) is 11.3 Å². The molecule has 0 fully saturated rings. The van der Waals surface area contributed by atoms with E-state index in [2.05, 4.69) is 16.9 Å². The molecule has 0 radical (unpaired) electrons. The summed E-state index contributed by atoms with van der Waals surface area (Å²) in [5, 5.41) is 0. The second-order valence-electron chi connectivity index (χ2n) is 3.34. The van der Waals surface area contributed by atoms with E-state index in [1.807, 2.05) is 25.9 Å². The van der Waals surface area contributed by atoms with Crippen LogP contribution in [0.3, 0.4) is 0 Å². The van der Waals surface area contributed by atoms with Crippen LogP contribution < -0.4 is 9.64 Å². The minimum atomic E-state index is 0.684.